The molecule has 29 heavy (non-hydrogen) atoms. The van der Waals surface area contributed by atoms with Gasteiger partial charge in [-0.2, -0.15) is 0 Å². The molecule has 0 aliphatic heterocycles. The number of ether oxygens (including phenoxy) is 2. The first-order valence-corrected chi connectivity index (χ1v) is 9.27. The zero-order chi connectivity index (χ0) is 21.4. The highest BCUT2D eigenvalue weighted by Gasteiger charge is 2.19. The summed E-state index contributed by atoms with van der Waals surface area (Å²) in [6.07, 6.45) is 4.35. The van der Waals surface area contributed by atoms with Crippen molar-refractivity contribution >= 4 is 35.8 Å². The van der Waals surface area contributed by atoms with Crippen molar-refractivity contribution in [2.24, 2.45) is 10.9 Å². The van der Waals surface area contributed by atoms with Crippen LogP contribution < -0.4 is 9.47 Å². The molecule has 2 aromatic carbocycles. The van der Waals surface area contributed by atoms with Crippen LogP contribution in [0, 0.1) is 5.92 Å². The number of halogens is 1. The van der Waals surface area contributed by atoms with E-state index in [0.717, 1.165) is 5.56 Å². The third kappa shape index (κ3) is 6.76. The zero-order valence-corrected chi connectivity index (χ0v) is 17.1. The van der Waals surface area contributed by atoms with E-state index in [1.165, 1.54) is 19.4 Å². The molecule has 0 fully saturated rings. The molecule has 0 saturated heterocycles. The average molecular weight is 416 g/mol. The van der Waals surface area contributed by atoms with Crippen LogP contribution in [-0.2, 0) is 9.59 Å². The number of methoxy groups -OCH3 is 1. The largest absolute Gasteiger partial charge is 0.493 e. The van der Waals surface area contributed by atoms with E-state index in [1.807, 2.05) is 6.07 Å². The first kappa shape index (κ1) is 22.2. The van der Waals surface area contributed by atoms with Crippen LogP contribution in [-0.4, -0.2) is 36.4 Å². The molecular weight excluding hydrogens is 394 g/mol. The second-order valence-electron chi connectivity index (χ2n) is 6.52. The quantitative estimate of drug-likeness (QED) is 0.297. The topological polar surface area (TPSA) is 85.2 Å². The molecule has 0 heterocycles. The van der Waals surface area contributed by atoms with Gasteiger partial charge >= 0.3 is 11.9 Å². The van der Waals surface area contributed by atoms with Crippen molar-refractivity contribution in [3.8, 4) is 11.5 Å². The molecule has 6 nitrogen and oxygen atoms in total. The molecule has 7 heteroatoms. The number of esters is 1. The Balaban J connectivity index is 2.12. The number of rotatable bonds is 8. The number of carboxylic acids is 1. The van der Waals surface area contributed by atoms with Crippen LogP contribution in [0.2, 0.25) is 5.02 Å². The lowest BCUT2D eigenvalue weighted by Crippen LogP contribution is -2.24. The fraction of sp³-hybridized carbons (Fsp3) is 0.227. The van der Waals surface area contributed by atoms with Gasteiger partial charge in [-0.15, -0.1) is 0 Å². The van der Waals surface area contributed by atoms with Gasteiger partial charge in [0.25, 0.3) is 0 Å². The van der Waals surface area contributed by atoms with Crippen LogP contribution in [0.4, 0.5) is 0 Å². The molecule has 0 bridgehead atoms. The standard InChI is InChI=1S/C22H22ClNO5/c1-14(2)21(22(26)27)24-13-16-7-9-18(19(12-16)28-3)29-20(25)10-8-15-5-4-6-17(23)11-15/h4-14,21H,1-3H3,(H,26,27)/b10-8+,24-13+. The Labute approximate surface area is 174 Å². The maximum atomic E-state index is 12.1. The predicted octanol–water partition coefficient (Wildman–Crippen LogP) is 4.50. The second kappa shape index (κ2) is 10.4. The maximum absolute atomic E-state index is 12.1. The summed E-state index contributed by atoms with van der Waals surface area (Å²) < 4.78 is 10.6. The molecule has 0 aliphatic carbocycles. The van der Waals surface area contributed by atoms with Gasteiger partial charge in [-0.25, -0.2) is 9.59 Å². The fourth-order valence-electron chi connectivity index (χ4n) is 2.45. The van der Waals surface area contributed by atoms with Crippen LogP contribution >= 0.6 is 11.6 Å². The summed E-state index contributed by atoms with van der Waals surface area (Å²) >= 11 is 5.91. The third-order valence-corrected chi connectivity index (χ3v) is 4.16. The van der Waals surface area contributed by atoms with Crippen LogP contribution in [0.25, 0.3) is 6.08 Å². The summed E-state index contributed by atoms with van der Waals surface area (Å²) in [6, 6.07) is 11.1. The lowest BCUT2D eigenvalue weighted by Gasteiger charge is -2.11. The van der Waals surface area contributed by atoms with E-state index >= 15 is 0 Å². The Bertz CT molecular complexity index is 937. The predicted molar refractivity (Wildman–Crippen MR) is 113 cm³/mol. The van der Waals surface area contributed by atoms with Crippen molar-refractivity contribution < 1.29 is 24.2 Å². The Morgan fingerprint density at radius 1 is 1.10 bits per heavy atom. The summed E-state index contributed by atoms with van der Waals surface area (Å²) in [5, 5.41) is 9.78. The zero-order valence-electron chi connectivity index (χ0n) is 16.3. The summed E-state index contributed by atoms with van der Waals surface area (Å²) in [5.74, 6) is -1.13. The molecule has 0 aromatic heterocycles. The number of benzene rings is 2. The monoisotopic (exact) mass is 415 g/mol. The molecular formula is C22H22ClNO5. The van der Waals surface area contributed by atoms with Gasteiger partial charge in [-0.3, -0.25) is 4.99 Å². The summed E-state index contributed by atoms with van der Waals surface area (Å²) in [6.45, 7) is 3.58. The summed E-state index contributed by atoms with van der Waals surface area (Å²) in [4.78, 5) is 27.5. The van der Waals surface area contributed by atoms with Crippen molar-refractivity contribution in [2.45, 2.75) is 19.9 Å². The van der Waals surface area contributed by atoms with Gasteiger partial charge in [0.05, 0.1) is 7.11 Å². The molecule has 1 N–H and O–H groups in total. The number of aliphatic imine (C=N–C) groups is 1. The summed E-state index contributed by atoms with van der Waals surface area (Å²) in [7, 11) is 1.45. The Kier molecular flexibility index (Phi) is 7.98. The molecule has 0 saturated carbocycles. The molecule has 152 valence electrons. The highest BCUT2D eigenvalue weighted by molar-refractivity contribution is 6.30. The Morgan fingerprint density at radius 2 is 1.86 bits per heavy atom. The lowest BCUT2D eigenvalue weighted by atomic mass is 10.1. The van der Waals surface area contributed by atoms with Crippen molar-refractivity contribution in [1.29, 1.82) is 0 Å². The number of hydrogen-bond donors (Lipinski definition) is 1. The minimum absolute atomic E-state index is 0.142. The second-order valence-corrected chi connectivity index (χ2v) is 6.96. The lowest BCUT2D eigenvalue weighted by molar-refractivity contribution is -0.139. The van der Waals surface area contributed by atoms with Gasteiger partial charge in [0.2, 0.25) is 0 Å². The van der Waals surface area contributed by atoms with E-state index in [2.05, 4.69) is 4.99 Å². The fourth-order valence-corrected chi connectivity index (χ4v) is 2.65. The van der Waals surface area contributed by atoms with E-state index in [9.17, 15) is 14.7 Å². The van der Waals surface area contributed by atoms with E-state index in [1.54, 1.807) is 56.3 Å². The third-order valence-electron chi connectivity index (χ3n) is 3.93. The van der Waals surface area contributed by atoms with Gasteiger partial charge in [0, 0.05) is 17.3 Å². The van der Waals surface area contributed by atoms with E-state index in [4.69, 9.17) is 21.1 Å². The molecule has 0 radical (unpaired) electrons. The average Bonchev–Trinajstić information content (AvgIpc) is 2.67. The minimum atomic E-state index is -0.986. The molecule has 0 spiro atoms. The van der Waals surface area contributed by atoms with Crippen LogP contribution in [0.1, 0.15) is 25.0 Å². The first-order chi connectivity index (χ1) is 13.8. The first-order valence-electron chi connectivity index (χ1n) is 8.89. The number of carbonyl (C=O) groups excluding carboxylic acids is 1. The molecule has 1 atom stereocenters. The van der Waals surface area contributed by atoms with Crippen molar-refractivity contribution in [3.05, 3.63) is 64.7 Å². The number of nitrogens with zero attached hydrogens (tertiary/aromatic N) is 1. The van der Waals surface area contributed by atoms with Crippen molar-refractivity contribution in [1.82, 2.24) is 0 Å². The smallest absolute Gasteiger partial charge is 0.336 e. The normalized spacial score (nSPS) is 12.4. The highest BCUT2D eigenvalue weighted by atomic mass is 35.5. The Morgan fingerprint density at radius 3 is 2.48 bits per heavy atom. The van der Waals surface area contributed by atoms with Crippen LogP contribution in [0.3, 0.4) is 0 Å². The molecule has 1 unspecified atom stereocenters. The van der Waals surface area contributed by atoms with E-state index in [0.29, 0.717) is 16.3 Å². The molecule has 0 amide bonds. The number of carboxylic acid groups (broad SMARTS) is 1. The minimum Gasteiger partial charge on any atom is -0.493 e. The van der Waals surface area contributed by atoms with Crippen LogP contribution in [0.5, 0.6) is 11.5 Å². The van der Waals surface area contributed by atoms with Gasteiger partial charge < -0.3 is 14.6 Å². The maximum Gasteiger partial charge on any atom is 0.336 e. The highest BCUT2D eigenvalue weighted by Crippen LogP contribution is 2.28. The van der Waals surface area contributed by atoms with E-state index < -0.39 is 18.0 Å². The molecule has 0 aliphatic rings. The van der Waals surface area contributed by atoms with Crippen molar-refractivity contribution in [3.63, 3.8) is 0 Å². The van der Waals surface area contributed by atoms with Gasteiger partial charge in [-0.05, 0) is 53.5 Å². The molecule has 2 rings (SSSR count). The van der Waals surface area contributed by atoms with Crippen molar-refractivity contribution in [2.75, 3.05) is 7.11 Å². The van der Waals surface area contributed by atoms with Gasteiger partial charge in [-0.1, -0.05) is 37.6 Å². The van der Waals surface area contributed by atoms with Gasteiger partial charge in [0.1, 0.15) is 6.04 Å². The molecule has 2 aromatic rings. The summed E-state index contributed by atoms with van der Waals surface area (Å²) in [5.41, 5.74) is 1.40. The van der Waals surface area contributed by atoms with E-state index in [-0.39, 0.29) is 11.7 Å². The Hall–Kier alpha value is -3.12. The number of carbonyl (C=O) groups is 2. The SMILES string of the molecule is COc1cc(/C=N/C(C(=O)O)C(C)C)ccc1OC(=O)/C=C/c1cccc(Cl)c1. The number of hydrogen-bond acceptors (Lipinski definition) is 5. The number of aliphatic carboxylic acids is 1. The van der Waals surface area contributed by atoms with Crippen LogP contribution in [0.15, 0.2) is 53.5 Å². The van der Waals surface area contributed by atoms with Gasteiger partial charge in [0.15, 0.2) is 11.5 Å².